The molecule has 0 spiro atoms. The molecular formula is C14H13F3N4. The molecule has 0 aromatic carbocycles. The van der Waals surface area contributed by atoms with Crippen molar-refractivity contribution in [3.8, 4) is 11.4 Å². The van der Waals surface area contributed by atoms with Crippen LogP contribution in [0.4, 0.5) is 13.2 Å². The van der Waals surface area contributed by atoms with Crippen LogP contribution in [0, 0.1) is 0 Å². The summed E-state index contributed by atoms with van der Waals surface area (Å²) in [6.45, 7) is 2.40. The number of halogens is 3. The molecule has 110 valence electrons. The molecule has 0 radical (unpaired) electrons. The minimum Gasteiger partial charge on any atom is -0.307 e. The molecule has 7 heteroatoms. The average molecular weight is 294 g/mol. The summed E-state index contributed by atoms with van der Waals surface area (Å²) in [5, 5.41) is 2.89. The van der Waals surface area contributed by atoms with Gasteiger partial charge in [0.25, 0.3) is 0 Å². The minimum atomic E-state index is -4.48. The third-order valence-electron chi connectivity index (χ3n) is 3.48. The van der Waals surface area contributed by atoms with E-state index in [0.717, 1.165) is 5.56 Å². The van der Waals surface area contributed by atoms with Crippen molar-refractivity contribution in [3.63, 3.8) is 0 Å². The zero-order valence-electron chi connectivity index (χ0n) is 11.3. The first-order chi connectivity index (χ1) is 10.0. The lowest BCUT2D eigenvalue weighted by Gasteiger charge is -2.13. The Bertz CT molecular complexity index is 682. The molecule has 0 amide bonds. The van der Waals surface area contributed by atoms with Crippen molar-refractivity contribution in [1.29, 1.82) is 0 Å². The van der Waals surface area contributed by atoms with Gasteiger partial charge in [0.05, 0.1) is 5.69 Å². The minimum absolute atomic E-state index is 0.115. The topological polar surface area (TPSA) is 50.7 Å². The zero-order valence-corrected chi connectivity index (χ0v) is 11.3. The van der Waals surface area contributed by atoms with Crippen molar-refractivity contribution in [2.45, 2.75) is 32.6 Å². The summed E-state index contributed by atoms with van der Waals surface area (Å²) in [4.78, 5) is 12.1. The third kappa shape index (κ3) is 2.49. The van der Waals surface area contributed by atoms with Gasteiger partial charge >= 0.3 is 6.18 Å². The molecular weight excluding hydrogens is 281 g/mol. The Kier molecular flexibility index (Phi) is 3.36. The van der Waals surface area contributed by atoms with Gasteiger partial charge in [0, 0.05) is 36.6 Å². The highest BCUT2D eigenvalue weighted by Gasteiger charge is 2.38. The Labute approximate surface area is 119 Å². The number of fused-ring (bicyclic) bond motifs is 1. The van der Waals surface area contributed by atoms with Crippen molar-refractivity contribution in [3.05, 3.63) is 41.0 Å². The fourth-order valence-electron chi connectivity index (χ4n) is 2.45. The summed E-state index contributed by atoms with van der Waals surface area (Å²) >= 11 is 0. The fraction of sp³-hybridized carbons (Fsp3) is 0.357. The van der Waals surface area contributed by atoms with Crippen molar-refractivity contribution >= 4 is 0 Å². The summed E-state index contributed by atoms with van der Waals surface area (Å²) in [6.07, 6.45) is -0.648. The standard InChI is InChI=1S/C14H13F3N4/c1-2-8-5-18-4-3-9(8)13-20-11-7-19-6-10(11)12(21-13)14(15,16)17/h3-5,19H,2,6-7H2,1H3. The Balaban J connectivity index is 2.21. The number of nitrogens with zero attached hydrogens (tertiary/aromatic N) is 3. The predicted molar refractivity (Wildman–Crippen MR) is 70.2 cm³/mol. The van der Waals surface area contributed by atoms with Crippen molar-refractivity contribution < 1.29 is 13.2 Å². The van der Waals surface area contributed by atoms with Crippen LogP contribution in [0.3, 0.4) is 0 Å². The number of rotatable bonds is 2. The molecule has 0 saturated heterocycles. The van der Waals surface area contributed by atoms with Gasteiger partial charge in [0.2, 0.25) is 0 Å². The van der Waals surface area contributed by atoms with Gasteiger partial charge in [0.1, 0.15) is 0 Å². The first kappa shape index (κ1) is 13.9. The van der Waals surface area contributed by atoms with Gasteiger partial charge in [-0.25, -0.2) is 9.97 Å². The summed E-state index contributed by atoms with van der Waals surface area (Å²) in [6, 6.07) is 1.66. The van der Waals surface area contributed by atoms with E-state index in [1.165, 1.54) is 6.20 Å². The monoisotopic (exact) mass is 294 g/mol. The molecule has 2 aromatic rings. The highest BCUT2D eigenvalue weighted by atomic mass is 19.4. The molecule has 0 bridgehead atoms. The summed E-state index contributed by atoms with van der Waals surface area (Å²) in [7, 11) is 0. The van der Waals surface area contributed by atoms with Gasteiger partial charge in [0.15, 0.2) is 11.5 Å². The number of aryl methyl sites for hydroxylation is 1. The van der Waals surface area contributed by atoms with Crippen molar-refractivity contribution in [2.75, 3.05) is 0 Å². The molecule has 2 aromatic heterocycles. The maximum Gasteiger partial charge on any atom is 0.433 e. The molecule has 1 N–H and O–H groups in total. The number of hydrogen-bond donors (Lipinski definition) is 1. The number of hydrogen-bond acceptors (Lipinski definition) is 4. The van der Waals surface area contributed by atoms with Crippen molar-refractivity contribution in [2.24, 2.45) is 0 Å². The first-order valence-corrected chi connectivity index (χ1v) is 6.61. The highest BCUT2D eigenvalue weighted by Crippen LogP contribution is 2.35. The quantitative estimate of drug-likeness (QED) is 0.925. The molecule has 0 unspecified atom stereocenters. The van der Waals surface area contributed by atoms with Gasteiger partial charge in [-0.15, -0.1) is 0 Å². The summed E-state index contributed by atoms with van der Waals surface area (Å²) in [5.41, 5.74) is 1.17. The molecule has 4 nitrogen and oxygen atoms in total. The van der Waals surface area contributed by atoms with Crippen LogP contribution < -0.4 is 5.32 Å². The van der Waals surface area contributed by atoms with E-state index in [1.54, 1.807) is 12.3 Å². The molecule has 0 atom stereocenters. The number of pyridine rings is 1. The maximum absolute atomic E-state index is 13.2. The van der Waals surface area contributed by atoms with Gasteiger partial charge in [-0.3, -0.25) is 4.98 Å². The van der Waals surface area contributed by atoms with Crippen molar-refractivity contribution in [1.82, 2.24) is 20.3 Å². The molecule has 1 aliphatic rings. The largest absolute Gasteiger partial charge is 0.433 e. The van der Waals surface area contributed by atoms with Gasteiger partial charge in [-0.05, 0) is 18.1 Å². The summed E-state index contributed by atoms with van der Waals surface area (Å²) < 4.78 is 39.6. The van der Waals surface area contributed by atoms with Crippen LogP contribution in [-0.4, -0.2) is 15.0 Å². The van der Waals surface area contributed by atoms with Crippen LogP contribution in [0.15, 0.2) is 18.5 Å². The van der Waals surface area contributed by atoms with Crippen LogP contribution in [0.25, 0.3) is 11.4 Å². The van der Waals surface area contributed by atoms with E-state index in [0.29, 0.717) is 24.2 Å². The maximum atomic E-state index is 13.2. The number of aromatic nitrogens is 3. The molecule has 1 aliphatic heterocycles. The van der Waals surface area contributed by atoms with Crippen LogP contribution in [0.5, 0.6) is 0 Å². The lowest BCUT2D eigenvalue weighted by atomic mass is 10.1. The summed E-state index contributed by atoms with van der Waals surface area (Å²) in [5.74, 6) is 0.115. The predicted octanol–water partition coefficient (Wildman–Crippen LogP) is 2.72. The van der Waals surface area contributed by atoms with E-state index in [1.807, 2.05) is 6.92 Å². The Hall–Kier alpha value is -2.02. The van der Waals surface area contributed by atoms with E-state index >= 15 is 0 Å². The van der Waals surface area contributed by atoms with E-state index in [9.17, 15) is 13.2 Å². The second kappa shape index (κ2) is 5.07. The van der Waals surface area contributed by atoms with Gasteiger partial charge in [-0.2, -0.15) is 13.2 Å². The Morgan fingerprint density at radius 3 is 2.76 bits per heavy atom. The lowest BCUT2D eigenvalue weighted by molar-refractivity contribution is -0.141. The molecule has 0 fully saturated rings. The number of nitrogens with one attached hydrogen (secondary N) is 1. The molecule has 3 rings (SSSR count). The normalized spacial score (nSPS) is 14.3. The molecule has 0 saturated carbocycles. The van der Waals surface area contributed by atoms with Crippen LogP contribution in [-0.2, 0) is 25.7 Å². The van der Waals surface area contributed by atoms with Gasteiger partial charge in [-0.1, -0.05) is 6.92 Å². The second-order valence-electron chi connectivity index (χ2n) is 4.81. The van der Waals surface area contributed by atoms with E-state index in [-0.39, 0.29) is 17.9 Å². The Morgan fingerprint density at radius 1 is 1.24 bits per heavy atom. The first-order valence-electron chi connectivity index (χ1n) is 6.61. The Morgan fingerprint density at radius 2 is 2.05 bits per heavy atom. The molecule has 21 heavy (non-hydrogen) atoms. The SMILES string of the molecule is CCc1cnccc1-c1nc2c(c(C(F)(F)F)n1)CNC2. The van der Waals surface area contributed by atoms with E-state index in [2.05, 4.69) is 20.3 Å². The second-order valence-corrected chi connectivity index (χ2v) is 4.81. The number of alkyl halides is 3. The third-order valence-corrected chi connectivity index (χ3v) is 3.48. The highest BCUT2D eigenvalue weighted by molar-refractivity contribution is 5.60. The van der Waals surface area contributed by atoms with Crippen LogP contribution in [0.1, 0.15) is 29.4 Å². The van der Waals surface area contributed by atoms with E-state index < -0.39 is 11.9 Å². The van der Waals surface area contributed by atoms with Gasteiger partial charge < -0.3 is 5.32 Å². The molecule has 0 aliphatic carbocycles. The molecule has 3 heterocycles. The average Bonchev–Trinajstić information content (AvgIpc) is 2.93. The smallest absolute Gasteiger partial charge is 0.307 e. The fourth-order valence-corrected chi connectivity index (χ4v) is 2.45. The zero-order chi connectivity index (χ0) is 15.0. The van der Waals surface area contributed by atoms with Crippen LogP contribution in [0.2, 0.25) is 0 Å². The lowest BCUT2D eigenvalue weighted by Crippen LogP contribution is -2.15. The van der Waals surface area contributed by atoms with Crippen LogP contribution >= 0.6 is 0 Å². The van der Waals surface area contributed by atoms with E-state index in [4.69, 9.17) is 0 Å².